The Morgan fingerprint density at radius 1 is 1.29 bits per heavy atom. The number of piperidine rings is 1. The van der Waals surface area contributed by atoms with Gasteiger partial charge in [0.05, 0.1) is 0 Å². The molecule has 1 amide bonds. The molecule has 3 rings (SSSR count). The number of amides is 1. The molecule has 1 aliphatic heterocycles. The second kappa shape index (κ2) is 7.29. The highest BCUT2D eigenvalue weighted by Crippen LogP contribution is 2.21. The maximum Gasteiger partial charge on any atom is 0.254 e. The van der Waals surface area contributed by atoms with Crippen molar-refractivity contribution in [2.24, 2.45) is 0 Å². The van der Waals surface area contributed by atoms with Crippen molar-refractivity contribution in [1.82, 2.24) is 9.88 Å². The number of likely N-dealkylation sites (tertiary alicyclic amines) is 1. The predicted octanol–water partition coefficient (Wildman–Crippen LogP) is 2.95. The monoisotopic (exact) mass is 329 g/mol. The minimum absolute atomic E-state index is 0.00107. The van der Waals surface area contributed by atoms with Crippen LogP contribution in [0.2, 0.25) is 0 Å². The Balaban J connectivity index is 1.57. The molecule has 1 aromatic carbocycles. The van der Waals surface area contributed by atoms with Crippen molar-refractivity contribution in [1.29, 1.82) is 0 Å². The van der Waals surface area contributed by atoms with Gasteiger partial charge in [-0.3, -0.25) is 4.79 Å². The fourth-order valence-electron chi connectivity index (χ4n) is 2.79. The highest BCUT2D eigenvalue weighted by atomic mass is 19.1. The zero-order valence-electron chi connectivity index (χ0n) is 13.5. The summed E-state index contributed by atoms with van der Waals surface area (Å²) in [5.74, 6) is 0.897. The van der Waals surface area contributed by atoms with Crippen LogP contribution in [0.4, 0.5) is 10.2 Å². The van der Waals surface area contributed by atoms with Crippen LogP contribution in [0, 0.1) is 5.82 Å². The van der Waals surface area contributed by atoms with Crippen molar-refractivity contribution in [2.45, 2.75) is 18.9 Å². The second-order valence-electron chi connectivity index (χ2n) is 5.75. The Hall–Kier alpha value is -2.63. The number of carbonyl (C=O) groups excluding carboxylic acids is 1. The van der Waals surface area contributed by atoms with Gasteiger partial charge in [0.1, 0.15) is 23.5 Å². The lowest BCUT2D eigenvalue weighted by molar-refractivity contribution is 0.0595. The first-order valence-electron chi connectivity index (χ1n) is 8.01. The summed E-state index contributed by atoms with van der Waals surface area (Å²) in [5.41, 5.74) is 0.624. The number of nitrogens with zero attached hydrogens (tertiary/aromatic N) is 2. The number of halogens is 1. The molecule has 1 fully saturated rings. The fourth-order valence-corrected chi connectivity index (χ4v) is 2.79. The highest BCUT2D eigenvalue weighted by Gasteiger charge is 2.25. The van der Waals surface area contributed by atoms with Crippen LogP contribution in [0.15, 0.2) is 42.6 Å². The third-order valence-electron chi connectivity index (χ3n) is 4.09. The van der Waals surface area contributed by atoms with Gasteiger partial charge in [-0.25, -0.2) is 9.37 Å². The number of anilines is 1. The lowest BCUT2D eigenvalue weighted by Gasteiger charge is -2.32. The summed E-state index contributed by atoms with van der Waals surface area (Å²) in [6, 6.07) is 9.62. The average Bonchev–Trinajstić information content (AvgIpc) is 2.62. The third kappa shape index (κ3) is 3.82. The van der Waals surface area contributed by atoms with Crippen LogP contribution < -0.4 is 10.1 Å². The first-order chi connectivity index (χ1) is 11.7. The van der Waals surface area contributed by atoms with Gasteiger partial charge in [0.2, 0.25) is 0 Å². The van der Waals surface area contributed by atoms with E-state index in [0.29, 0.717) is 30.2 Å². The number of benzene rings is 1. The van der Waals surface area contributed by atoms with Gasteiger partial charge in [0.25, 0.3) is 5.91 Å². The van der Waals surface area contributed by atoms with E-state index >= 15 is 0 Å². The molecule has 0 unspecified atom stereocenters. The fraction of sp³-hybridized carbons (Fsp3) is 0.333. The van der Waals surface area contributed by atoms with Crippen molar-refractivity contribution in [3.8, 4) is 5.75 Å². The van der Waals surface area contributed by atoms with E-state index in [0.717, 1.165) is 12.8 Å². The lowest BCUT2D eigenvalue weighted by atomic mass is 10.1. The predicted molar refractivity (Wildman–Crippen MR) is 89.7 cm³/mol. The van der Waals surface area contributed by atoms with Crippen molar-refractivity contribution >= 4 is 11.7 Å². The van der Waals surface area contributed by atoms with Gasteiger partial charge in [-0.05, 0) is 24.3 Å². The molecule has 2 heterocycles. The van der Waals surface area contributed by atoms with Gasteiger partial charge in [-0.1, -0.05) is 6.07 Å². The molecule has 0 atom stereocenters. The summed E-state index contributed by atoms with van der Waals surface area (Å²) in [7, 11) is 1.77. The van der Waals surface area contributed by atoms with E-state index in [-0.39, 0.29) is 17.8 Å². The van der Waals surface area contributed by atoms with Gasteiger partial charge in [0.15, 0.2) is 0 Å². The molecule has 0 aliphatic carbocycles. The van der Waals surface area contributed by atoms with Crippen LogP contribution in [-0.2, 0) is 0 Å². The number of pyridine rings is 1. The molecule has 126 valence electrons. The average molecular weight is 329 g/mol. The Morgan fingerprint density at radius 3 is 2.79 bits per heavy atom. The molecule has 1 aromatic heterocycles. The number of aromatic nitrogens is 1. The maximum atomic E-state index is 13.2. The van der Waals surface area contributed by atoms with E-state index < -0.39 is 0 Å². The minimum atomic E-state index is -0.307. The normalized spacial score (nSPS) is 15.2. The number of rotatable bonds is 4. The maximum absolute atomic E-state index is 13.2. The summed E-state index contributed by atoms with van der Waals surface area (Å²) in [6.45, 7) is 1.24. The van der Waals surface area contributed by atoms with E-state index in [1.165, 1.54) is 12.1 Å². The molecule has 0 saturated carbocycles. The Kier molecular flexibility index (Phi) is 4.93. The van der Waals surface area contributed by atoms with E-state index in [4.69, 9.17) is 4.74 Å². The SMILES string of the molecule is CNc1cc(C(=O)N2CCC(Oc3cccc(F)c3)CC2)ccn1. The zero-order valence-corrected chi connectivity index (χ0v) is 13.5. The van der Waals surface area contributed by atoms with Crippen LogP contribution in [-0.4, -0.2) is 42.0 Å². The summed E-state index contributed by atoms with van der Waals surface area (Å²) >= 11 is 0. The Bertz CT molecular complexity index is 715. The molecule has 0 bridgehead atoms. The third-order valence-corrected chi connectivity index (χ3v) is 4.09. The van der Waals surface area contributed by atoms with Gasteiger partial charge < -0.3 is 15.0 Å². The number of carbonyl (C=O) groups is 1. The molecular weight excluding hydrogens is 309 g/mol. The molecule has 0 spiro atoms. The van der Waals surface area contributed by atoms with E-state index in [1.54, 1.807) is 37.5 Å². The second-order valence-corrected chi connectivity index (χ2v) is 5.75. The first-order valence-corrected chi connectivity index (χ1v) is 8.01. The standard InChI is InChI=1S/C18H20FN3O2/c1-20-17-11-13(5-8-21-17)18(23)22-9-6-15(7-10-22)24-16-4-2-3-14(19)12-16/h2-5,8,11-12,15H,6-7,9-10H2,1H3,(H,20,21). The number of nitrogens with one attached hydrogen (secondary N) is 1. The van der Waals surface area contributed by atoms with Crippen LogP contribution in [0.25, 0.3) is 0 Å². The number of ether oxygens (including phenoxy) is 1. The molecule has 1 N–H and O–H groups in total. The molecular formula is C18H20FN3O2. The smallest absolute Gasteiger partial charge is 0.254 e. The van der Waals surface area contributed by atoms with Crippen molar-refractivity contribution in [2.75, 3.05) is 25.5 Å². The summed E-state index contributed by atoms with van der Waals surface area (Å²) in [4.78, 5) is 18.5. The quantitative estimate of drug-likeness (QED) is 0.937. The zero-order chi connectivity index (χ0) is 16.9. The Labute approximate surface area is 140 Å². The summed E-state index contributed by atoms with van der Waals surface area (Å²) in [5, 5.41) is 2.93. The van der Waals surface area contributed by atoms with Crippen LogP contribution in [0.1, 0.15) is 23.2 Å². The highest BCUT2D eigenvalue weighted by molar-refractivity contribution is 5.94. The van der Waals surface area contributed by atoms with Gasteiger partial charge >= 0.3 is 0 Å². The van der Waals surface area contributed by atoms with E-state index in [2.05, 4.69) is 10.3 Å². The number of hydrogen-bond acceptors (Lipinski definition) is 4. The topological polar surface area (TPSA) is 54.5 Å². The molecule has 1 saturated heterocycles. The number of hydrogen-bond donors (Lipinski definition) is 1. The lowest BCUT2D eigenvalue weighted by Crippen LogP contribution is -2.41. The molecule has 24 heavy (non-hydrogen) atoms. The molecule has 1 aliphatic rings. The summed E-state index contributed by atoms with van der Waals surface area (Å²) in [6.07, 6.45) is 3.08. The van der Waals surface area contributed by atoms with E-state index in [9.17, 15) is 9.18 Å². The van der Waals surface area contributed by atoms with Gasteiger partial charge in [-0.15, -0.1) is 0 Å². The molecule has 2 aromatic rings. The molecule has 5 nitrogen and oxygen atoms in total. The largest absolute Gasteiger partial charge is 0.490 e. The van der Waals surface area contributed by atoms with Crippen molar-refractivity contribution in [3.05, 3.63) is 54.0 Å². The first kappa shape index (κ1) is 16.2. The van der Waals surface area contributed by atoms with Gasteiger partial charge in [-0.2, -0.15) is 0 Å². The van der Waals surface area contributed by atoms with Crippen molar-refractivity contribution < 1.29 is 13.9 Å². The molecule has 0 radical (unpaired) electrons. The summed E-state index contributed by atoms with van der Waals surface area (Å²) < 4.78 is 19.0. The Morgan fingerprint density at radius 2 is 2.08 bits per heavy atom. The van der Waals surface area contributed by atoms with Crippen LogP contribution in [0.5, 0.6) is 5.75 Å². The van der Waals surface area contributed by atoms with Crippen molar-refractivity contribution in [3.63, 3.8) is 0 Å². The van der Waals surface area contributed by atoms with Crippen LogP contribution in [0.3, 0.4) is 0 Å². The van der Waals surface area contributed by atoms with Crippen LogP contribution >= 0.6 is 0 Å². The minimum Gasteiger partial charge on any atom is -0.490 e. The van der Waals surface area contributed by atoms with E-state index in [1.807, 2.05) is 4.90 Å². The molecule has 6 heteroatoms. The van der Waals surface area contributed by atoms with Gasteiger partial charge in [0, 0.05) is 50.8 Å².